The fourth-order valence-corrected chi connectivity index (χ4v) is 4.38. The van der Waals surface area contributed by atoms with Gasteiger partial charge < -0.3 is 15.5 Å². The highest BCUT2D eigenvalue weighted by atomic mass is 16.3. The summed E-state index contributed by atoms with van der Waals surface area (Å²) in [6.45, 7) is 1.97. The number of aryl methyl sites for hydroxylation is 2. The molecular formula is C25H22N8O2. The topological polar surface area (TPSA) is 138 Å². The Morgan fingerprint density at radius 1 is 1.14 bits per heavy atom. The minimum absolute atomic E-state index is 0.0462. The molecule has 10 nitrogen and oxygen atoms in total. The van der Waals surface area contributed by atoms with Gasteiger partial charge in [-0.15, -0.1) is 0 Å². The summed E-state index contributed by atoms with van der Waals surface area (Å²) < 4.78 is 7.09. The molecule has 1 aliphatic rings. The molecule has 35 heavy (non-hydrogen) atoms. The third-order valence-electron chi connectivity index (χ3n) is 6.31. The van der Waals surface area contributed by atoms with Gasteiger partial charge in [0, 0.05) is 42.5 Å². The van der Waals surface area contributed by atoms with E-state index in [1.54, 1.807) is 23.3 Å². The number of nitrogens with zero attached hydrogens (tertiary/aromatic N) is 6. The summed E-state index contributed by atoms with van der Waals surface area (Å²) in [5.74, 6) is 1.37. The van der Waals surface area contributed by atoms with Gasteiger partial charge in [-0.2, -0.15) is 5.10 Å². The molecule has 0 spiro atoms. The molecule has 3 N–H and O–H groups in total. The first-order valence-corrected chi connectivity index (χ1v) is 11.2. The van der Waals surface area contributed by atoms with Crippen LogP contribution in [0.15, 0.2) is 59.9 Å². The molecular weight excluding hydrogens is 444 g/mol. The molecule has 1 amide bonds. The van der Waals surface area contributed by atoms with Gasteiger partial charge in [0.2, 0.25) is 11.8 Å². The van der Waals surface area contributed by atoms with Crippen LogP contribution in [0, 0.1) is 12.8 Å². The van der Waals surface area contributed by atoms with Gasteiger partial charge in [0.15, 0.2) is 0 Å². The zero-order valence-corrected chi connectivity index (χ0v) is 19.1. The number of rotatable bonds is 5. The molecule has 0 bridgehead atoms. The number of anilines is 2. The minimum atomic E-state index is -0.0781. The second-order valence-electron chi connectivity index (χ2n) is 8.79. The van der Waals surface area contributed by atoms with Crippen molar-refractivity contribution in [2.75, 3.05) is 11.1 Å². The monoisotopic (exact) mass is 466 g/mol. The number of carbonyl (C=O) groups excluding carboxylic acids is 1. The van der Waals surface area contributed by atoms with Crippen molar-refractivity contribution in [3.8, 4) is 22.8 Å². The Bertz CT molecular complexity index is 1570. The van der Waals surface area contributed by atoms with Gasteiger partial charge in [0.1, 0.15) is 23.6 Å². The molecule has 0 radical (unpaired) electrons. The van der Waals surface area contributed by atoms with Crippen LogP contribution in [0.25, 0.3) is 33.6 Å². The number of pyridine rings is 3. The first-order chi connectivity index (χ1) is 17.0. The molecule has 6 rings (SSSR count). The summed E-state index contributed by atoms with van der Waals surface area (Å²) in [4.78, 5) is 30.4. The molecule has 1 fully saturated rings. The summed E-state index contributed by atoms with van der Waals surface area (Å²) in [6, 6.07) is 5.64. The maximum absolute atomic E-state index is 12.8. The minimum Gasteiger partial charge on any atom is -0.443 e. The van der Waals surface area contributed by atoms with Crippen LogP contribution in [-0.2, 0) is 11.8 Å². The van der Waals surface area contributed by atoms with Gasteiger partial charge in [0.05, 0.1) is 18.1 Å². The largest absolute Gasteiger partial charge is 0.443 e. The predicted molar refractivity (Wildman–Crippen MR) is 130 cm³/mol. The Balaban J connectivity index is 1.26. The molecule has 5 aromatic rings. The van der Waals surface area contributed by atoms with Gasteiger partial charge >= 0.3 is 0 Å². The van der Waals surface area contributed by atoms with Gasteiger partial charge in [-0.1, -0.05) is 0 Å². The van der Waals surface area contributed by atoms with E-state index in [4.69, 9.17) is 10.2 Å². The number of nitrogens with one attached hydrogen (secondary N) is 1. The SMILES string of the molecule is Cc1cc(-c2ncco2)ncc1-c1cc2cc(NC(=O)[C@@H]3C[C@H]3c3cnn(C)c3)ncc2c(N)n1. The molecule has 10 heteroatoms. The molecule has 0 aliphatic heterocycles. The Hall–Kier alpha value is -4.60. The highest BCUT2D eigenvalue weighted by Gasteiger charge is 2.44. The van der Waals surface area contributed by atoms with Crippen molar-refractivity contribution in [1.29, 1.82) is 0 Å². The highest BCUT2D eigenvalue weighted by molar-refractivity contribution is 5.98. The van der Waals surface area contributed by atoms with Gasteiger partial charge in [-0.3, -0.25) is 14.5 Å². The number of amides is 1. The van der Waals surface area contributed by atoms with E-state index in [1.807, 2.05) is 44.6 Å². The van der Waals surface area contributed by atoms with Crippen molar-refractivity contribution in [3.63, 3.8) is 0 Å². The second-order valence-corrected chi connectivity index (χ2v) is 8.79. The summed E-state index contributed by atoms with van der Waals surface area (Å²) in [7, 11) is 1.87. The van der Waals surface area contributed by atoms with Crippen LogP contribution in [0.3, 0.4) is 0 Å². The Kier molecular flexibility index (Phi) is 4.80. The standard InChI is InChI=1S/C25H22N8O2/c1-13-5-21(25-27-3-4-35-25)28-10-18(13)20-6-14-7-22(29-11-19(14)23(26)31-20)32-24(34)17-8-16(17)15-9-30-33(2)12-15/h3-7,9-12,16-17H,8H2,1-2H3,(H2,26,31)(H,29,32,34)/t16-,17+/m0/s1. The fraction of sp³-hybridized carbons (Fsp3) is 0.200. The normalized spacial score (nSPS) is 17.0. The highest BCUT2D eigenvalue weighted by Crippen LogP contribution is 2.47. The number of nitrogen functional groups attached to an aromatic ring is 1. The molecule has 0 aromatic carbocycles. The summed E-state index contributed by atoms with van der Waals surface area (Å²) >= 11 is 0. The quantitative estimate of drug-likeness (QED) is 0.400. The Labute approximate surface area is 200 Å². The molecule has 1 saturated carbocycles. The maximum atomic E-state index is 12.8. The van der Waals surface area contributed by atoms with Crippen molar-refractivity contribution in [2.24, 2.45) is 13.0 Å². The van der Waals surface area contributed by atoms with E-state index in [0.29, 0.717) is 34.3 Å². The Morgan fingerprint density at radius 2 is 2.03 bits per heavy atom. The second kappa shape index (κ2) is 8.01. The fourth-order valence-electron chi connectivity index (χ4n) is 4.38. The van der Waals surface area contributed by atoms with E-state index < -0.39 is 0 Å². The van der Waals surface area contributed by atoms with Crippen molar-refractivity contribution in [3.05, 3.63) is 66.6 Å². The van der Waals surface area contributed by atoms with E-state index in [9.17, 15) is 4.79 Å². The first kappa shape index (κ1) is 21.0. The molecule has 2 atom stereocenters. The van der Waals surface area contributed by atoms with Crippen molar-refractivity contribution in [2.45, 2.75) is 19.3 Å². The maximum Gasteiger partial charge on any atom is 0.244 e. The van der Waals surface area contributed by atoms with Gasteiger partial charge in [-0.05, 0) is 54.0 Å². The predicted octanol–water partition coefficient (Wildman–Crippen LogP) is 3.71. The van der Waals surface area contributed by atoms with Crippen LogP contribution in [0.4, 0.5) is 11.6 Å². The zero-order valence-electron chi connectivity index (χ0n) is 19.1. The molecule has 174 valence electrons. The van der Waals surface area contributed by atoms with Crippen LogP contribution in [0.5, 0.6) is 0 Å². The van der Waals surface area contributed by atoms with Crippen molar-refractivity contribution in [1.82, 2.24) is 29.7 Å². The lowest BCUT2D eigenvalue weighted by Crippen LogP contribution is -2.15. The van der Waals surface area contributed by atoms with Crippen LogP contribution in [-0.4, -0.2) is 35.6 Å². The number of hydrogen-bond acceptors (Lipinski definition) is 8. The number of oxazole rings is 1. The van der Waals surface area contributed by atoms with E-state index in [2.05, 4.69) is 30.4 Å². The summed E-state index contributed by atoms with van der Waals surface area (Å²) in [5, 5.41) is 8.69. The lowest BCUT2D eigenvalue weighted by Gasteiger charge is -2.11. The third-order valence-corrected chi connectivity index (χ3v) is 6.31. The average Bonchev–Trinajstić information content (AvgIpc) is 3.22. The molecule has 0 saturated heterocycles. The number of fused-ring (bicyclic) bond motifs is 1. The van der Waals surface area contributed by atoms with Crippen molar-refractivity contribution >= 4 is 28.3 Å². The number of nitrogens with two attached hydrogens (primary N) is 1. The smallest absolute Gasteiger partial charge is 0.244 e. The number of carbonyl (C=O) groups is 1. The summed E-state index contributed by atoms with van der Waals surface area (Å²) in [6.07, 6.45) is 11.0. The molecule has 1 aliphatic carbocycles. The molecule has 0 unspecified atom stereocenters. The van der Waals surface area contributed by atoms with Crippen LogP contribution >= 0.6 is 0 Å². The van der Waals surface area contributed by atoms with E-state index in [0.717, 1.165) is 28.5 Å². The van der Waals surface area contributed by atoms with E-state index in [-0.39, 0.29) is 17.7 Å². The zero-order chi connectivity index (χ0) is 24.1. The number of hydrogen-bond donors (Lipinski definition) is 2. The number of aromatic nitrogens is 6. The molecule has 5 heterocycles. The van der Waals surface area contributed by atoms with Crippen LogP contribution in [0.1, 0.15) is 23.5 Å². The van der Waals surface area contributed by atoms with Crippen molar-refractivity contribution < 1.29 is 9.21 Å². The van der Waals surface area contributed by atoms with Gasteiger partial charge in [0.25, 0.3) is 0 Å². The molecule has 5 aromatic heterocycles. The average molecular weight is 467 g/mol. The van der Waals surface area contributed by atoms with Gasteiger partial charge in [-0.25, -0.2) is 15.0 Å². The Morgan fingerprint density at radius 3 is 2.77 bits per heavy atom. The van der Waals surface area contributed by atoms with Crippen LogP contribution < -0.4 is 11.1 Å². The van der Waals surface area contributed by atoms with E-state index in [1.165, 1.54) is 6.26 Å². The van der Waals surface area contributed by atoms with E-state index >= 15 is 0 Å². The lowest BCUT2D eigenvalue weighted by molar-refractivity contribution is -0.117. The third kappa shape index (κ3) is 3.88. The summed E-state index contributed by atoms with van der Waals surface area (Å²) in [5.41, 5.74) is 10.5. The lowest BCUT2D eigenvalue weighted by atomic mass is 10.0. The first-order valence-electron chi connectivity index (χ1n) is 11.2. The van der Waals surface area contributed by atoms with Crippen LogP contribution in [0.2, 0.25) is 0 Å².